The van der Waals surface area contributed by atoms with Gasteiger partial charge in [0.1, 0.15) is 0 Å². The molecule has 2 aliphatic heterocycles. The standard InChI is InChI=1S/C17H30N2O2/c1-4-19(15-9-13-21-17(2,3)14-15)16(20)8-7-12-18-10-5-6-11-18/h7-8,15H,4-6,9-14H2,1-3H3/b8-7+. The summed E-state index contributed by atoms with van der Waals surface area (Å²) in [5.74, 6) is 0.152. The molecule has 2 rings (SSSR count). The van der Waals surface area contributed by atoms with Crippen molar-refractivity contribution in [2.45, 2.75) is 58.1 Å². The van der Waals surface area contributed by atoms with Gasteiger partial charge < -0.3 is 9.64 Å². The van der Waals surface area contributed by atoms with Crippen molar-refractivity contribution < 1.29 is 9.53 Å². The van der Waals surface area contributed by atoms with Crippen molar-refractivity contribution in [3.8, 4) is 0 Å². The van der Waals surface area contributed by atoms with Crippen LogP contribution in [0.25, 0.3) is 0 Å². The highest BCUT2D eigenvalue weighted by Crippen LogP contribution is 2.27. The van der Waals surface area contributed by atoms with Crippen molar-refractivity contribution in [2.24, 2.45) is 0 Å². The highest BCUT2D eigenvalue weighted by atomic mass is 16.5. The third-order valence-corrected chi connectivity index (χ3v) is 4.56. The van der Waals surface area contributed by atoms with Crippen LogP contribution in [0.4, 0.5) is 0 Å². The molecular formula is C17H30N2O2. The predicted molar refractivity (Wildman–Crippen MR) is 85.3 cm³/mol. The Kier molecular flexibility index (Phi) is 5.82. The van der Waals surface area contributed by atoms with Crippen LogP contribution in [-0.4, -0.2) is 60.1 Å². The molecule has 120 valence electrons. The molecular weight excluding hydrogens is 264 g/mol. The molecule has 2 aliphatic rings. The third kappa shape index (κ3) is 4.82. The highest BCUT2D eigenvalue weighted by Gasteiger charge is 2.33. The van der Waals surface area contributed by atoms with Crippen LogP contribution < -0.4 is 0 Å². The molecule has 4 heteroatoms. The van der Waals surface area contributed by atoms with Crippen LogP contribution in [-0.2, 0) is 9.53 Å². The van der Waals surface area contributed by atoms with Crippen LogP contribution >= 0.6 is 0 Å². The summed E-state index contributed by atoms with van der Waals surface area (Å²) in [6.07, 6.45) is 8.25. The summed E-state index contributed by atoms with van der Waals surface area (Å²) in [7, 11) is 0. The zero-order chi connectivity index (χ0) is 15.3. The van der Waals surface area contributed by atoms with Crippen LogP contribution in [0.2, 0.25) is 0 Å². The molecule has 0 aromatic rings. The van der Waals surface area contributed by atoms with Crippen molar-refractivity contribution in [3.05, 3.63) is 12.2 Å². The minimum atomic E-state index is -0.115. The van der Waals surface area contributed by atoms with E-state index in [-0.39, 0.29) is 11.5 Å². The number of hydrogen-bond donors (Lipinski definition) is 0. The van der Waals surface area contributed by atoms with E-state index in [1.54, 1.807) is 6.08 Å². The average molecular weight is 294 g/mol. The van der Waals surface area contributed by atoms with Gasteiger partial charge in [-0.15, -0.1) is 0 Å². The number of carbonyl (C=O) groups excluding carboxylic acids is 1. The van der Waals surface area contributed by atoms with Gasteiger partial charge in [0.15, 0.2) is 0 Å². The number of amides is 1. The fourth-order valence-electron chi connectivity index (χ4n) is 3.42. The minimum Gasteiger partial charge on any atom is -0.375 e. The number of carbonyl (C=O) groups is 1. The molecule has 0 spiro atoms. The van der Waals surface area contributed by atoms with E-state index in [1.165, 1.54) is 25.9 Å². The summed E-state index contributed by atoms with van der Waals surface area (Å²) in [6, 6.07) is 0.308. The number of likely N-dealkylation sites (N-methyl/N-ethyl adjacent to an activating group) is 1. The molecule has 2 fully saturated rings. The lowest BCUT2D eigenvalue weighted by molar-refractivity contribution is -0.134. The molecule has 1 amide bonds. The van der Waals surface area contributed by atoms with Crippen molar-refractivity contribution in [1.82, 2.24) is 9.80 Å². The molecule has 0 bridgehead atoms. The largest absolute Gasteiger partial charge is 0.375 e. The monoisotopic (exact) mass is 294 g/mol. The molecule has 4 nitrogen and oxygen atoms in total. The van der Waals surface area contributed by atoms with E-state index >= 15 is 0 Å². The Labute approximate surface area is 129 Å². The summed E-state index contributed by atoms with van der Waals surface area (Å²) >= 11 is 0. The number of likely N-dealkylation sites (tertiary alicyclic amines) is 1. The van der Waals surface area contributed by atoms with E-state index in [0.29, 0.717) is 6.04 Å². The lowest BCUT2D eigenvalue weighted by Crippen LogP contribution is -2.48. The van der Waals surface area contributed by atoms with E-state index in [2.05, 4.69) is 25.7 Å². The molecule has 2 saturated heterocycles. The number of hydrogen-bond acceptors (Lipinski definition) is 3. The maximum absolute atomic E-state index is 12.4. The number of ether oxygens (including phenoxy) is 1. The van der Waals surface area contributed by atoms with Gasteiger partial charge in [-0.05, 0) is 59.5 Å². The first-order valence-electron chi connectivity index (χ1n) is 8.35. The van der Waals surface area contributed by atoms with Crippen LogP contribution in [0, 0.1) is 0 Å². The lowest BCUT2D eigenvalue weighted by Gasteiger charge is -2.40. The Morgan fingerprint density at radius 2 is 2.10 bits per heavy atom. The van der Waals surface area contributed by atoms with E-state index in [0.717, 1.165) is 32.5 Å². The minimum absolute atomic E-state index is 0.115. The molecule has 0 aliphatic carbocycles. The van der Waals surface area contributed by atoms with Gasteiger partial charge in [0.05, 0.1) is 5.60 Å². The Morgan fingerprint density at radius 3 is 2.71 bits per heavy atom. The molecule has 21 heavy (non-hydrogen) atoms. The van der Waals surface area contributed by atoms with Gasteiger partial charge >= 0.3 is 0 Å². The molecule has 0 aromatic heterocycles. The fraction of sp³-hybridized carbons (Fsp3) is 0.824. The topological polar surface area (TPSA) is 32.8 Å². The summed E-state index contributed by atoms with van der Waals surface area (Å²) in [5, 5.41) is 0. The average Bonchev–Trinajstić information content (AvgIpc) is 2.91. The fourth-order valence-corrected chi connectivity index (χ4v) is 3.42. The molecule has 0 aromatic carbocycles. The quantitative estimate of drug-likeness (QED) is 0.730. The van der Waals surface area contributed by atoms with E-state index in [4.69, 9.17) is 4.74 Å². The van der Waals surface area contributed by atoms with Gasteiger partial charge in [-0.25, -0.2) is 0 Å². The normalized spacial score (nSPS) is 26.3. The Morgan fingerprint density at radius 1 is 1.38 bits per heavy atom. The van der Waals surface area contributed by atoms with Crippen molar-refractivity contribution in [2.75, 3.05) is 32.8 Å². The second kappa shape index (κ2) is 7.41. The first-order valence-corrected chi connectivity index (χ1v) is 8.35. The van der Waals surface area contributed by atoms with Gasteiger partial charge in [0.25, 0.3) is 0 Å². The SMILES string of the molecule is CCN(C(=O)/C=C/CN1CCCC1)C1CCOC(C)(C)C1. The number of rotatable bonds is 5. The Bertz CT molecular complexity index is 373. The zero-order valence-electron chi connectivity index (χ0n) is 13.8. The zero-order valence-corrected chi connectivity index (χ0v) is 13.8. The van der Waals surface area contributed by atoms with Crippen molar-refractivity contribution in [3.63, 3.8) is 0 Å². The van der Waals surface area contributed by atoms with E-state index in [1.807, 2.05) is 11.0 Å². The van der Waals surface area contributed by atoms with Gasteiger partial charge in [0.2, 0.25) is 5.91 Å². The van der Waals surface area contributed by atoms with Gasteiger partial charge in [-0.2, -0.15) is 0 Å². The van der Waals surface area contributed by atoms with Gasteiger partial charge in [0, 0.05) is 31.8 Å². The van der Waals surface area contributed by atoms with Crippen molar-refractivity contribution in [1.29, 1.82) is 0 Å². The summed E-state index contributed by atoms with van der Waals surface area (Å²) in [5.41, 5.74) is -0.115. The first kappa shape index (κ1) is 16.5. The Balaban J connectivity index is 1.86. The van der Waals surface area contributed by atoms with Crippen LogP contribution in [0.3, 0.4) is 0 Å². The van der Waals surface area contributed by atoms with Gasteiger partial charge in [-0.1, -0.05) is 6.08 Å². The molecule has 1 unspecified atom stereocenters. The van der Waals surface area contributed by atoms with E-state index < -0.39 is 0 Å². The first-order chi connectivity index (χ1) is 10.0. The van der Waals surface area contributed by atoms with Gasteiger partial charge in [-0.3, -0.25) is 9.69 Å². The predicted octanol–water partition coefficient (Wildman–Crippen LogP) is 2.44. The second-order valence-corrected chi connectivity index (χ2v) is 6.79. The molecule has 2 heterocycles. The van der Waals surface area contributed by atoms with Crippen LogP contribution in [0.15, 0.2) is 12.2 Å². The molecule has 0 N–H and O–H groups in total. The van der Waals surface area contributed by atoms with Crippen LogP contribution in [0.5, 0.6) is 0 Å². The summed E-state index contributed by atoms with van der Waals surface area (Å²) in [4.78, 5) is 16.8. The smallest absolute Gasteiger partial charge is 0.246 e. The Hall–Kier alpha value is -0.870. The summed E-state index contributed by atoms with van der Waals surface area (Å²) < 4.78 is 5.76. The lowest BCUT2D eigenvalue weighted by atomic mass is 9.92. The number of nitrogens with zero attached hydrogens (tertiary/aromatic N) is 2. The second-order valence-electron chi connectivity index (χ2n) is 6.79. The maximum Gasteiger partial charge on any atom is 0.246 e. The molecule has 1 atom stereocenters. The third-order valence-electron chi connectivity index (χ3n) is 4.56. The molecule has 0 saturated carbocycles. The maximum atomic E-state index is 12.4. The van der Waals surface area contributed by atoms with Crippen LogP contribution in [0.1, 0.15) is 46.5 Å². The van der Waals surface area contributed by atoms with Crippen molar-refractivity contribution >= 4 is 5.91 Å². The molecule has 0 radical (unpaired) electrons. The highest BCUT2D eigenvalue weighted by molar-refractivity contribution is 5.87. The van der Waals surface area contributed by atoms with E-state index in [9.17, 15) is 4.79 Å². The summed E-state index contributed by atoms with van der Waals surface area (Å²) in [6.45, 7) is 11.1.